The lowest BCUT2D eigenvalue weighted by Gasteiger charge is -2.17. The second kappa shape index (κ2) is 6.71. The first-order valence-electron chi connectivity index (χ1n) is 6.79. The number of anilines is 1. The van der Waals surface area contributed by atoms with Gasteiger partial charge in [0.25, 0.3) is 5.69 Å². The van der Waals surface area contributed by atoms with Gasteiger partial charge in [0.05, 0.1) is 10.5 Å². The maximum absolute atomic E-state index is 11.3. The van der Waals surface area contributed by atoms with Crippen molar-refractivity contribution < 1.29 is 14.8 Å². The Morgan fingerprint density at radius 1 is 1.27 bits per heavy atom. The van der Waals surface area contributed by atoms with Crippen molar-refractivity contribution in [1.82, 2.24) is 0 Å². The Kier molecular flexibility index (Phi) is 4.73. The number of hydrogen-bond acceptors (Lipinski definition) is 4. The maximum Gasteiger partial charge on any atom is 0.338 e. The summed E-state index contributed by atoms with van der Waals surface area (Å²) in [4.78, 5) is 21.4. The molecule has 22 heavy (non-hydrogen) atoms. The van der Waals surface area contributed by atoms with Crippen LogP contribution in [0.15, 0.2) is 48.5 Å². The van der Waals surface area contributed by atoms with Gasteiger partial charge in [0.15, 0.2) is 0 Å². The smallest absolute Gasteiger partial charge is 0.338 e. The van der Waals surface area contributed by atoms with Crippen molar-refractivity contribution in [3.05, 3.63) is 69.8 Å². The quantitative estimate of drug-likeness (QED) is 0.630. The number of nitrogens with zero attached hydrogens (tertiary/aromatic N) is 1. The summed E-state index contributed by atoms with van der Waals surface area (Å²) in [6.07, 6.45) is 0.719. The van der Waals surface area contributed by atoms with E-state index >= 15 is 0 Å². The Hall–Kier alpha value is -2.89. The van der Waals surface area contributed by atoms with Crippen LogP contribution in [0.2, 0.25) is 0 Å². The van der Waals surface area contributed by atoms with E-state index < -0.39 is 10.9 Å². The largest absolute Gasteiger partial charge is 0.478 e. The molecule has 2 rings (SSSR count). The highest BCUT2D eigenvalue weighted by molar-refractivity contribution is 5.95. The molecular formula is C16H16N2O4. The van der Waals surface area contributed by atoms with Gasteiger partial charge in [-0.2, -0.15) is 0 Å². The van der Waals surface area contributed by atoms with E-state index in [1.54, 1.807) is 0 Å². The van der Waals surface area contributed by atoms with Gasteiger partial charge in [-0.25, -0.2) is 4.79 Å². The van der Waals surface area contributed by atoms with Gasteiger partial charge in [0.2, 0.25) is 0 Å². The minimum absolute atomic E-state index is 0.0121. The third-order valence-electron chi connectivity index (χ3n) is 3.23. The van der Waals surface area contributed by atoms with Crippen molar-refractivity contribution in [1.29, 1.82) is 0 Å². The number of carboxylic acid groups (broad SMARTS) is 1. The molecule has 2 N–H and O–H groups in total. The van der Waals surface area contributed by atoms with Gasteiger partial charge in [-0.05, 0) is 25.0 Å². The zero-order chi connectivity index (χ0) is 16.1. The summed E-state index contributed by atoms with van der Waals surface area (Å²) >= 11 is 0. The first-order valence-corrected chi connectivity index (χ1v) is 6.79. The molecule has 0 heterocycles. The first-order chi connectivity index (χ1) is 10.5. The van der Waals surface area contributed by atoms with Crippen LogP contribution in [0.5, 0.6) is 0 Å². The van der Waals surface area contributed by atoms with E-state index in [0.717, 1.165) is 18.1 Å². The minimum atomic E-state index is -1.20. The van der Waals surface area contributed by atoms with Gasteiger partial charge in [0, 0.05) is 23.9 Å². The Labute approximate surface area is 127 Å². The summed E-state index contributed by atoms with van der Waals surface area (Å²) < 4.78 is 0. The molecule has 2 aromatic carbocycles. The number of hydrogen-bond donors (Lipinski definition) is 2. The standard InChI is InChI=1S/C16H16N2O4/c1-11(9-12-5-3-2-4-6-12)17-15-8-7-13(18(21)22)10-14(15)16(19)20/h2-8,10-11,17H,9H2,1H3,(H,19,20). The van der Waals surface area contributed by atoms with Gasteiger partial charge in [-0.1, -0.05) is 30.3 Å². The Balaban J connectivity index is 2.18. The minimum Gasteiger partial charge on any atom is -0.478 e. The summed E-state index contributed by atoms with van der Waals surface area (Å²) in [6.45, 7) is 1.93. The highest BCUT2D eigenvalue weighted by Gasteiger charge is 2.17. The lowest BCUT2D eigenvalue weighted by Crippen LogP contribution is -2.20. The first kappa shape index (κ1) is 15.5. The molecule has 0 saturated heterocycles. The van der Waals surface area contributed by atoms with Crippen LogP contribution in [-0.2, 0) is 6.42 Å². The van der Waals surface area contributed by atoms with E-state index in [0.29, 0.717) is 5.69 Å². The molecular weight excluding hydrogens is 284 g/mol. The Bertz CT molecular complexity index is 686. The monoisotopic (exact) mass is 300 g/mol. The molecule has 0 radical (unpaired) electrons. The van der Waals surface area contributed by atoms with Crippen molar-refractivity contribution in [2.24, 2.45) is 0 Å². The van der Waals surface area contributed by atoms with E-state index in [-0.39, 0.29) is 17.3 Å². The summed E-state index contributed by atoms with van der Waals surface area (Å²) in [6, 6.07) is 13.6. The van der Waals surface area contributed by atoms with Gasteiger partial charge < -0.3 is 10.4 Å². The predicted molar refractivity (Wildman–Crippen MR) is 83.3 cm³/mol. The van der Waals surface area contributed by atoms with Crippen LogP contribution in [0.3, 0.4) is 0 Å². The van der Waals surface area contributed by atoms with Crippen molar-refractivity contribution in [3.8, 4) is 0 Å². The normalized spacial score (nSPS) is 11.7. The third-order valence-corrected chi connectivity index (χ3v) is 3.23. The molecule has 2 aromatic rings. The van der Waals surface area contributed by atoms with Gasteiger partial charge >= 0.3 is 5.97 Å². The van der Waals surface area contributed by atoms with Gasteiger partial charge in [0.1, 0.15) is 0 Å². The topological polar surface area (TPSA) is 92.5 Å². The summed E-state index contributed by atoms with van der Waals surface area (Å²) in [5.41, 5.74) is 1.16. The molecule has 1 unspecified atom stereocenters. The van der Waals surface area contributed by atoms with Crippen molar-refractivity contribution >= 4 is 17.3 Å². The van der Waals surface area contributed by atoms with Crippen molar-refractivity contribution in [3.63, 3.8) is 0 Å². The molecule has 0 aliphatic rings. The molecule has 0 aliphatic carbocycles. The molecule has 0 aliphatic heterocycles. The van der Waals surface area contributed by atoms with Crippen LogP contribution in [0.4, 0.5) is 11.4 Å². The molecule has 1 atom stereocenters. The summed E-state index contributed by atoms with van der Waals surface area (Å²) in [5.74, 6) is -1.20. The molecule has 6 nitrogen and oxygen atoms in total. The number of non-ortho nitro benzene ring substituents is 1. The second-order valence-electron chi connectivity index (χ2n) is 5.03. The Morgan fingerprint density at radius 3 is 2.55 bits per heavy atom. The predicted octanol–water partition coefficient (Wildman–Crippen LogP) is 3.34. The number of benzene rings is 2. The van der Waals surface area contributed by atoms with Crippen LogP contribution in [0.25, 0.3) is 0 Å². The zero-order valence-electron chi connectivity index (χ0n) is 12.0. The van der Waals surface area contributed by atoms with E-state index in [1.807, 2.05) is 37.3 Å². The maximum atomic E-state index is 11.3. The second-order valence-corrected chi connectivity index (χ2v) is 5.03. The third kappa shape index (κ3) is 3.82. The number of carboxylic acids is 1. The van der Waals surface area contributed by atoms with Gasteiger partial charge in [-0.3, -0.25) is 10.1 Å². The van der Waals surface area contributed by atoms with Crippen molar-refractivity contribution in [2.45, 2.75) is 19.4 Å². The molecule has 6 heteroatoms. The van der Waals surface area contributed by atoms with E-state index in [1.165, 1.54) is 12.1 Å². The summed E-state index contributed by atoms with van der Waals surface area (Å²) in [5, 5.41) is 23.1. The van der Waals surface area contributed by atoms with E-state index in [4.69, 9.17) is 0 Å². The number of nitro groups is 1. The molecule has 0 fully saturated rings. The fraction of sp³-hybridized carbons (Fsp3) is 0.188. The van der Waals surface area contributed by atoms with E-state index in [2.05, 4.69) is 5.32 Å². The zero-order valence-corrected chi connectivity index (χ0v) is 12.0. The van der Waals surface area contributed by atoms with Crippen LogP contribution in [0.1, 0.15) is 22.8 Å². The van der Waals surface area contributed by atoms with Gasteiger partial charge in [-0.15, -0.1) is 0 Å². The summed E-state index contributed by atoms with van der Waals surface area (Å²) in [7, 11) is 0. The number of carbonyl (C=O) groups is 1. The lowest BCUT2D eigenvalue weighted by atomic mass is 10.1. The van der Waals surface area contributed by atoms with Crippen LogP contribution >= 0.6 is 0 Å². The molecule has 0 spiro atoms. The highest BCUT2D eigenvalue weighted by Crippen LogP contribution is 2.23. The van der Waals surface area contributed by atoms with Crippen molar-refractivity contribution in [2.75, 3.05) is 5.32 Å². The lowest BCUT2D eigenvalue weighted by molar-refractivity contribution is -0.384. The highest BCUT2D eigenvalue weighted by atomic mass is 16.6. The van der Waals surface area contributed by atoms with Crippen LogP contribution in [0, 0.1) is 10.1 Å². The number of aromatic carboxylic acids is 1. The average Bonchev–Trinajstić information content (AvgIpc) is 2.48. The molecule has 114 valence electrons. The fourth-order valence-electron chi connectivity index (χ4n) is 2.23. The average molecular weight is 300 g/mol. The van der Waals surface area contributed by atoms with E-state index in [9.17, 15) is 20.0 Å². The molecule has 0 amide bonds. The number of nitrogens with one attached hydrogen (secondary N) is 1. The number of rotatable bonds is 6. The molecule has 0 bridgehead atoms. The molecule has 0 saturated carbocycles. The SMILES string of the molecule is CC(Cc1ccccc1)Nc1ccc([N+](=O)[O-])cc1C(=O)O. The van der Waals surface area contributed by atoms with Crippen LogP contribution < -0.4 is 5.32 Å². The van der Waals surface area contributed by atoms with Crippen LogP contribution in [-0.4, -0.2) is 22.0 Å². The number of nitro benzene ring substituents is 1. The molecule has 0 aromatic heterocycles. The fourth-order valence-corrected chi connectivity index (χ4v) is 2.23. The Morgan fingerprint density at radius 2 is 1.95 bits per heavy atom.